The molecule has 0 atom stereocenters. The average Bonchev–Trinajstić information content (AvgIpc) is 2.01. The zero-order valence-electron chi connectivity index (χ0n) is 8.23. The summed E-state index contributed by atoms with van der Waals surface area (Å²) in [6.45, 7) is -0.145. The van der Waals surface area contributed by atoms with E-state index in [2.05, 4.69) is 0 Å². The molecule has 0 aliphatic carbocycles. The molecule has 7 heteroatoms. The monoisotopic (exact) mass is 257 g/mol. The minimum atomic E-state index is -0.936. The van der Waals surface area contributed by atoms with Crippen molar-refractivity contribution < 1.29 is 19.5 Å². The van der Waals surface area contributed by atoms with Crippen LogP contribution in [0.4, 0.5) is 0 Å². The first kappa shape index (κ1) is 16.6. The predicted octanol–water partition coefficient (Wildman–Crippen LogP) is 0.887. The van der Waals surface area contributed by atoms with Crippen molar-refractivity contribution in [3.63, 3.8) is 0 Å². The van der Waals surface area contributed by atoms with Crippen LogP contribution in [0.3, 0.4) is 0 Å². The topological polar surface area (TPSA) is 74.7 Å². The zero-order valence-corrected chi connectivity index (χ0v) is 9.81. The molecule has 0 saturated heterocycles. The summed E-state index contributed by atoms with van der Waals surface area (Å²) in [5.74, 6) is -1.21. The lowest BCUT2D eigenvalue weighted by Crippen LogP contribution is -2.30. The summed E-state index contributed by atoms with van der Waals surface area (Å²) in [4.78, 5) is 32.9. The molecule has 0 aliphatic heterocycles. The van der Waals surface area contributed by atoms with Gasteiger partial charge in [-0.05, 0) is 18.0 Å². The first-order valence-corrected chi connectivity index (χ1v) is 4.45. The van der Waals surface area contributed by atoms with Gasteiger partial charge in [0.15, 0.2) is 0 Å². The summed E-state index contributed by atoms with van der Waals surface area (Å²) in [5.41, 5.74) is 0. The van der Waals surface area contributed by atoms with Crippen molar-refractivity contribution in [1.29, 1.82) is 0 Å². The van der Waals surface area contributed by atoms with E-state index >= 15 is 0 Å². The number of nitrogens with zero attached hydrogens (tertiary/aromatic N) is 1. The fourth-order valence-corrected chi connectivity index (χ4v) is 1.04. The number of carbonyl (C=O) groups is 3. The molecule has 0 bridgehead atoms. The van der Waals surface area contributed by atoms with Crippen LogP contribution in [0.15, 0.2) is 0 Å². The third-order valence-corrected chi connectivity index (χ3v) is 1.69. The lowest BCUT2D eigenvalue weighted by molar-refractivity contribution is -0.137. The highest BCUT2D eigenvalue weighted by atomic mass is 35.5. The fourth-order valence-electron chi connectivity index (χ4n) is 0.856. The summed E-state index contributed by atoms with van der Waals surface area (Å²) in [6.07, 6.45) is 0.344. The molecule has 0 rings (SSSR count). The highest BCUT2D eigenvalue weighted by Crippen LogP contribution is 2.00. The maximum absolute atomic E-state index is 11.2. The van der Waals surface area contributed by atoms with E-state index in [-0.39, 0.29) is 44.1 Å². The van der Waals surface area contributed by atoms with Crippen LogP contribution in [-0.4, -0.2) is 40.7 Å². The Hall–Kier alpha value is -0.810. The van der Waals surface area contributed by atoms with Gasteiger partial charge in [0.25, 0.3) is 0 Å². The van der Waals surface area contributed by atoms with Gasteiger partial charge in [0, 0.05) is 19.9 Å². The summed E-state index contributed by atoms with van der Waals surface area (Å²) in [7, 11) is 1.45. The maximum atomic E-state index is 11.2. The Kier molecular flexibility index (Phi) is 9.41. The molecule has 0 saturated carbocycles. The summed E-state index contributed by atoms with van der Waals surface area (Å²) >= 11 is 5.07. The van der Waals surface area contributed by atoms with Gasteiger partial charge in [-0.25, -0.2) is 0 Å². The van der Waals surface area contributed by atoms with E-state index in [1.807, 2.05) is 0 Å². The van der Waals surface area contributed by atoms with Crippen molar-refractivity contribution in [1.82, 2.24) is 4.90 Å². The first-order chi connectivity index (χ1) is 6.43. The molecule has 5 nitrogen and oxygen atoms in total. The quantitative estimate of drug-likeness (QED) is 0.718. The number of rotatable bonds is 6. The van der Waals surface area contributed by atoms with Crippen LogP contribution >= 0.6 is 24.0 Å². The Labute approximate surface area is 98.8 Å². The Balaban J connectivity index is 0. The predicted molar refractivity (Wildman–Crippen MR) is 57.2 cm³/mol. The van der Waals surface area contributed by atoms with Gasteiger partial charge >= 0.3 is 5.97 Å². The lowest BCUT2D eigenvalue weighted by Gasteiger charge is -2.13. The van der Waals surface area contributed by atoms with Crippen LogP contribution in [0.2, 0.25) is 0 Å². The highest BCUT2D eigenvalue weighted by Gasteiger charge is 2.11. The maximum Gasteiger partial charge on any atom is 0.303 e. The van der Waals surface area contributed by atoms with Crippen molar-refractivity contribution in [2.45, 2.75) is 19.3 Å². The Morgan fingerprint density at radius 2 is 1.80 bits per heavy atom. The molecule has 1 amide bonds. The van der Waals surface area contributed by atoms with E-state index < -0.39 is 11.2 Å². The van der Waals surface area contributed by atoms with Crippen molar-refractivity contribution in [3.05, 3.63) is 0 Å². The van der Waals surface area contributed by atoms with Crippen molar-refractivity contribution in [3.8, 4) is 0 Å². The minimum Gasteiger partial charge on any atom is -0.481 e. The van der Waals surface area contributed by atoms with E-state index in [0.717, 1.165) is 0 Å². The summed E-state index contributed by atoms with van der Waals surface area (Å²) in [6, 6.07) is 0. The van der Waals surface area contributed by atoms with Crippen LogP contribution in [0.25, 0.3) is 0 Å². The van der Waals surface area contributed by atoms with Gasteiger partial charge in [0.2, 0.25) is 11.1 Å². The van der Waals surface area contributed by atoms with Crippen molar-refractivity contribution in [2.75, 3.05) is 13.6 Å². The fraction of sp³-hybridized carbons (Fsp3) is 0.625. The standard InChI is InChI=1S/C8H12ClNO4.ClH/c1-10(5-6(9)11)7(12)3-2-4-8(13)14;/h2-5H2,1H3,(H,13,14);1H. The van der Waals surface area contributed by atoms with E-state index in [0.29, 0.717) is 0 Å². The van der Waals surface area contributed by atoms with Gasteiger partial charge in [-0.3, -0.25) is 14.4 Å². The van der Waals surface area contributed by atoms with Crippen LogP contribution in [0, 0.1) is 0 Å². The number of likely N-dealkylation sites (N-methyl/N-ethyl adjacent to an activating group) is 1. The number of hydrogen-bond donors (Lipinski definition) is 1. The van der Waals surface area contributed by atoms with Crippen LogP contribution in [0.1, 0.15) is 19.3 Å². The molecule has 0 aliphatic rings. The molecule has 88 valence electrons. The highest BCUT2D eigenvalue weighted by molar-refractivity contribution is 6.64. The smallest absolute Gasteiger partial charge is 0.303 e. The average molecular weight is 258 g/mol. The Bertz CT molecular complexity index is 245. The number of halogens is 2. The molecule has 0 unspecified atom stereocenters. The van der Waals surface area contributed by atoms with Crippen LogP contribution < -0.4 is 0 Å². The van der Waals surface area contributed by atoms with Gasteiger partial charge in [0.05, 0.1) is 6.54 Å². The van der Waals surface area contributed by atoms with Gasteiger partial charge in [-0.2, -0.15) is 0 Å². The van der Waals surface area contributed by atoms with Crippen LogP contribution in [-0.2, 0) is 14.4 Å². The molecule has 0 fully saturated rings. The van der Waals surface area contributed by atoms with Gasteiger partial charge in [0.1, 0.15) is 0 Å². The SMILES string of the molecule is CN(CC(=O)Cl)C(=O)CCCC(=O)O.Cl. The molecule has 15 heavy (non-hydrogen) atoms. The lowest BCUT2D eigenvalue weighted by atomic mass is 10.2. The van der Waals surface area contributed by atoms with Gasteiger partial charge in [-0.15, -0.1) is 12.4 Å². The van der Waals surface area contributed by atoms with Crippen LogP contribution in [0.5, 0.6) is 0 Å². The van der Waals surface area contributed by atoms with Crippen molar-refractivity contribution in [2.24, 2.45) is 0 Å². The number of carbonyl (C=O) groups excluding carboxylic acids is 2. The molecular weight excluding hydrogens is 245 g/mol. The molecule has 1 N–H and O–H groups in total. The normalized spacial score (nSPS) is 8.93. The minimum absolute atomic E-state index is 0. The van der Waals surface area contributed by atoms with Crippen molar-refractivity contribution >= 4 is 41.1 Å². The van der Waals surface area contributed by atoms with Gasteiger partial charge < -0.3 is 10.0 Å². The molecule has 0 spiro atoms. The number of carboxylic acids is 1. The zero-order chi connectivity index (χ0) is 11.1. The second-order valence-electron chi connectivity index (χ2n) is 2.85. The number of aliphatic carboxylic acids is 1. The molecular formula is C8H13Cl2NO4. The summed E-state index contributed by atoms with van der Waals surface area (Å²) in [5, 5.41) is 7.70. The largest absolute Gasteiger partial charge is 0.481 e. The first-order valence-electron chi connectivity index (χ1n) is 4.07. The number of hydrogen-bond acceptors (Lipinski definition) is 3. The molecule has 0 aromatic carbocycles. The van der Waals surface area contributed by atoms with E-state index in [4.69, 9.17) is 16.7 Å². The molecule has 0 heterocycles. The molecule has 0 aromatic rings. The van der Waals surface area contributed by atoms with E-state index in [9.17, 15) is 14.4 Å². The number of carboxylic acid groups (broad SMARTS) is 1. The summed E-state index contributed by atoms with van der Waals surface area (Å²) < 4.78 is 0. The number of amides is 1. The van der Waals surface area contributed by atoms with E-state index in [1.54, 1.807) is 0 Å². The third kappa shape index (κ3) is 9.49. The molecule has 0 aromatic heterocycles. The third-order valence-electron chi connectivity index (χ3n) is 1.57. The van der Waals surface area contributed by atoms with Gasteiger partial charge in [-0.1, -0.05) is 0 Å². The molecule has 0 radical (unpaired) electrons. The Morgan fingerprint density at radius 1 is 1.27 bits per heavy atom. The Morgan fingerprint density at radius 3 is 2.20 bits per heavy atom. The second kappa shape index (κ2) is 8.49. The van der Waals surface area contributed by atoms with E-state index in [1.165, 1.54) is 11.9 Å². The second-order valence-corrected chi connectivity index (χ2v) is 3.27.